The third-order valence-electron chi connectivity index (χ3n) is 4.14. The number of carbonyl (C=O) groups excluding carboxylic acids is 2. The Hall–Kier alpha value is -1.72. The summed E-state index contributed by atoms with van der Waals surface area (Å²) < 4.78 is 0. The van der Waals surface area contributed by atoms with E-state index in [0.717, 1.165) is 25.9 Å². The lowest BCUT2D eigenvalue weighted by molar-refractivity contribution is 0.0528. The molecule has 0 aliphatic carbocycles. The minimum absolute atomic E-state index is 0.166. The SMILES string of the molecule is CNCC1CCCN1CN1C(=O)c2ccccc2C1=O. The van der Waals surface area contributed by atoms with Crippen LogP contribution in [-0.4, -0.2) is 54.5 Å². The molecule has 5 heteroatoms. The fourth-order valence-corrected chi connectivity index (χ4v) is 3.10. The number of likely N-dealkylation sites (N-methyl/N-ethyl adjacent to an activating group) is 1. The largest absolute Gasteiger partial charge is 0.318 e. The van der Waals surface area contributed by atoms with E-state index in [-0.39, 0.29) is 11.8 Å². The van der Waals surface area contributed by atoms with Crippen LogP contribution in [0.15, 0.2) is 24.3 Å². The zero-order chi connectivity index (χ0) is 14.1. The van der Waals surface area contributed by atoms with Gasteiger partial charge in [0.2, 0.25) is 0 Å². The van der Waals surface area contributed by atoms with Crippen LogP contribution in [0.4, 0.5) is 0 Å². The van der Waals surface area contributed by atoms with Gasteiger partial charge in [-0.25, -0.2) is 0 Å². The quantitative estimate of drug-likeness (QED) is 0.829. The average Bonchev–Trinajstić information content (AvgIpc) is 2.99. The average molecular weight is 273 g/mol. The summed E-state index contributed by atoms with van der Waals surface area (Å²) in [6, 6.07) is 7.46. The molecule has 1 fully saturated rings. The number of fused-ring (bicyclic) bond motifs is 1. The van der Waals surface area contributed by atoms with E-state index >= 15 is 0 Å². The Morgan fingerprint density at radius 2 is 1.85 bits per heavy atom. The first-order valence-corrected chi connectivity index (χ1v) is 7.06. The van der Waals surface area contributed by atoms with Gasteiger partial charge in [0.1, 0.15) is 0 Å². The fraction of sp³-hybridized carbons (Fsp3) is 0.467. The zero-order valence-electron chi connectivity index (χ0n) is 11.6. The van der Waals surface area contributed by atoms with E-state index in [9.17, 15) is 9.59 Å². The molecule has 0 saturated carbocycles. The van der Waals surface area contributed by atoms with E-state index in [1.807, 2.05) is 7.05 Å². The molecular weight excluding hydrogens is 254 g/mol. The number of rotatable bonds is 4. The number of hydrogen-bond acceptors (Lipinski definition) is 4. The van der Waals surface area contributed by atoms with Crippen molar-refractivity contribution in [3.05, 3.63) is 35.4 Å². The van der Waals surface area contributed by atoms with Crippen LogP contribution in [0, 0.1) is 0 Å². The monoisotopic (exact) mass is 273 g/mol. The third-order valence-corrected chi connectivity index (χ3v) is 4.14. The van der Waals surface area contributed by atoms with Crippen LogP contribution < -0.4 is 5.32 Å². The minimum atomic E-state index is -0.166. The summed E-state index contributed by atoms with van der Waals surface area (Å²) in [5.74, 6) is -0.332. The first-order chi connectivity index (χ1) is 9.72. The van der Waals surface area contributed by atoms with Crippen LogP contribution >= 0.6 is 0 Å². The van der Waals surface area contributed by atoms with Crippen molar-refractivity contribution in [2.75, 3.05) is 26.8 Å². The normalized spacial score (nSPS) is 22.6. The molecule has 2 heterocycles. The Bertz CT molecular complexity index is 509. The third kappa shape index (κ3) is 2.13. The second-order valence-corrected chi connectivity index (χ2v) is 5.39. The zero-order valence-corrected chi connectivity index (χ0v) is 11.6. The van der Waals surface area contributed by atoms with Crippen molar-refractivity contribution in [1.82, 2.24) is 15.1 Å². The van der Waals surface area contributed by atoms with Gasteiger partial charge in [-0.1, -0.05) is 12.1 Å². The van der Waals surface area contributed by atoms with E-state index in [0.29, 0.717) is 23.8 Å². The molecular formula is C15H19N3O2. The van der Waals surface area contributed by atoms with Gasteiger partial charge in [-0.3, -0.25) is 19.4 Å². The highest BCUT2D eigenvalue weighted by Gasteiger charge is 2.37. The highest BCUT2D eigenvalue weighted by molar-refractivity contribution is 6.21. The first kappa shape index (κ1) is 13.3. The van der Waals surface area contributed by atoms with Crippen molar-refractivity contribution < 1.29 is 9.59 Å². The topological polar surface area (TPSA) is 52.6 Å². The predicted octanol–water partition coefficient (Wildman–Crippen LogP) is 0.924. The van der Waals surface area contributed by atoms with Gasteiger partial charge in [0.05, 0.1) is 17.8 Å². The number of likely N-dealkylation sites (tertiary alicyclic amines) is 1. The van der Waals surface area contributed by atoms with Crippen LogP contribution in [0.5, 0.6) is 0 Å². The molecule has 1 N–H and O–H groups in total. The van der Waals surface area contributed by atoms with Crippen LogP contribution in [0.2, 0.25) is 0 Å². The lowest BCUT2D eigenvalue weighted by atomic mass is 10.1. The Morgan fingerprint density at radius 1 is 1.20 bits per heavy atom. The Labute approximate surface area is 118 Å². The van der Waals surface area contributed by atoms with Crippen LogP contribution in [0.1, 0.15) is 33.6 Å². The van der Waals surface area contributed by atoms with E-state index in [4.69, 9.17) is 0 Å². The molecule has 3 rings (SSSR count). The second kappa shape index (κ2) is 5.34. The second-order valence-electron chi connectivity index (χ2n) is 5.39. The number of nitrogens with zero attached hydrogens (tertiary/aromatic N) is 2. The molecule has 0 aromatic heterocycles. The number of hydrogen-bond donors (Lipinski definition) is 1. The molecule has 0 bridgehead atoms. The summed E-state index contributed by atoms with van der Waals surface area (Å²) in [6.45, 7) is 2.24. The maximum absolute atomic E-state index is 12.3. The highest BCUT2D eigenvalue weighted by Crippen LogP contribution is 2.25. The van der Waals surface area contributed by atoms with E-state index in [1.165, 1.54) is 4.90 Å². The minimum Gasteiger partial charge on any atom is -0.318 e. The highest BCUT2D eigenvalue weighted by atomic mass is 16.2. The van der Waals surface area contributed by atoms with Crippen molar-refractivity contribution in [2.24, 2.45) is 0 Å². The van der Waals surface area contributed by atoms with Crippen molar-refractivity contribution in [2.45, 2.75) is 18.9 Å². The molecule has 1 atom stereocenters. The lowest BCUT2D eigenvalue weighted by Gasteiger charge is -2.28. The molecule has 2 aliphatic rings. The maximum atomic E-state index is 12.3. The summed E-state index contributed by atoms with van der Waals surface area (Å²) in [4.78, 5) is 28.2. The number of imide groups is 1. The summed E-state index contributed by atoms with van der Waals surface area (Å²) in [7, 11) is 1.93. The molecule has 0 radical (unpaired) electrons. The molecule has 2 aliphatic heterocycles. The molecule has 20 heavy (non-hydrogen) atoms. The smallest absolute Gasteiger partial charge is 0.262 e. The molecule has 2 amide bonds. The van der Waals surface area contributed by atoms with Gasteiger partial charge in [0, 0.05) is 19.1 Å². The molecule has 1 aromatic rings. The molecule has 1 unspecified atom stereocenters. The standard InChI is InChI=1S/C15H19N3O2/c1-16-9-11-5-4-8-17(11)10-18-14(19)12-6-2-3-7-13(12)15(18)20/h2-3,6-7,11,16H,4-5,8-10H2,1H3. The summed E-state index contributed by atoms with van der Waals surface area (Å²) in [5, 5.41) is 3.17. The van der Waals surface area contributed by atoms with Crippen molar-refractivity contribution >= 4 is 11.8 Å². The molecule has 0 spiro atoms. The molecule has 106 valence electrons. The van der Waals surface area contributed by atoms with Crippen LogP contribution in [-0.2, 0) is 0 Å². The number of benzene rings is 1. The molecule has 1 aromatic carbocycles. The van der Waals surface area contributed by atoms with E-state index in [2.05, 4.69) is 10.2 Å². The molecule has 1 saturated heterocycles. The summed E-state index contributed by atoms with van der Waals surface area (Å²) in [5.41, 5.74) is 1.06. The van der Waals surface area contributed by atoms with Crippen LogP contribution in [0.25, 0.3) is 0 Å². The van der Waals surface area contributed by atoms with Crippen molar-refractivity contribution in [1.29, 1.82) is 0 Å². The predicted molar refractivity (Wildman–Crippen MR) is 75.5 cm³/mol. The van der Waals surface area contributed by atoms with Gasteiger partial charge in [0.15, 0.2) is 0 Å². The maximum Gasteiger partial charge on any atom is 0.262 e. The van der Waals surface area contributed by atoms with E-state index in [1.54, 1.807) is 24.3 Å². The van der Waals surface area contributed by atoms with Gasteiger partial charge >= 0.3 is 0 Å². The van der Waals surface area contributed by atoms with Crippen molar-refractivity contribution in [3.63, 3.8) is 0 Å². The van der Waals surface area contributed by atoms with Gasteiger partial charge < -0.3 is 5.32 Å². The van der Waals surface area contributed by atoms with Crippen LogP contribution in [0.3, 0.4) is 0 Å². The number of nitrogens with one attached hydrogen (secondary N) is 1. The Kier molecular flexibility index (Phi) is 3.54. The lowest BCUT2D eigenvalue weighted by Crippen LogP contribution is -2.45. The van der Waals surface area contributed by atoms with Gasteiger partial charge in [-0.2, -0.15) is 0 Å². The van der Waals surface area contributed by atoms with Gasteiger partial charge in [0.25, 0.3) is 11.8 Å². The van der Waals surface area contributed by atoms with Crippen molar-refractivity contribution in [3.8, 4) is 0 Å². The Morgan fingerprint density at radius 3 is 2.45 bits per heavy atom. The fourth-order valence-electron chi connectivity index (χ4n) is 3.10. The summed E-state index contributed by atoms with van der Waals surface area (Å²) >= 11 is 0. The molecule has 5 nitrogen and oxygen atoms in total. The van der Waals surface area contributed by atoms with Gasteiger partial charge in [-0.05, 0) is 32.0 Å². The Balaban J connectivity index is 1.76. The first-order valence-electron chi connectivity index (χ1n) is 7.06. The van der Waals surface area contributed by atoms with Gasteiger partial charge in [-0.15, -0.1) is 0 Å². The summed E-state index contributed by atoms with van der Waals surface area (Å²) in [6.07, 6.45) is 2.24. The van der Waals surface area contributed by atoms with E-state index < -0.39 is 0 Å². The number of amides is 2. The number of carbonyl (C=O) groups is 2.